The molecule has 0 aromatic heterocycles. The Hall–Kier alpha value is -3.63. The highest BCUT2D eigenvalue weighted by atomic mass is 16.6. The number of benzene rings is 1. The van der Waals surface area contributed by atoms with Crippen LogP contribution in [0.5, 0.6) is 0 Å². The lowest BCUT2D eigenvalue weighted by Crippen LogP contribution is -2.54. The maximum absolute atomic E-state index is 14.0. The summed E-state index contributed by atoms with van der Waals surface area (Å²) in [5.74, 6) is -2.74. The number of nitrogens with two attached hydrogens (primary N) is 1. The van der Waals surface area contributed by atoms with Crippen LogP contribution >= 0.6 is 0 Å². The van der Waals surface area contributed by atoms with Crippen molar-refractivity contribution in [1.29, 1.82) is 0 Å². The highest BCUT2D eigenvalue weighted by Crippen LogP contribution is 2.26. The quantitative estimate of drug-likeness (QED) is 0.225. The first-order valence-electron chi connectivity index (χ1n) is 13.3. The van der Waals surface area contributed by atoms with Crippen molar-refractivity contribution in [2.24, 2.45) is 5.73 Å². The molecule has 2 unspecified atom stereocenters. The maximum atomic E-state index is 14.0. The van der Waals surface area contributed by atoms with Crippen molar-refractivity contribution >= 4 is 29.8 Å². The van der Waals surface area contributed by atoms with Gasteiger partial charge in [-0.15, -0.1) is 0 Å². The number of esters is 1. The van der Waals surface area contributed by atoms with Crippen molar-refractivity contribution in [3.8, 4) is 0 Å². The number of rotatable bonds is 15. The fraction of sp³-hybridized carbons (Fsp3) is 0.607. The molecule has 1 aromatic rings. The number of amides is 4. The molecule has 0 saturated carbocycles. The van der Waals surface area contributed by atoms with Crippen molar-refractivity contribution in [2.45, 2.75) is 90.8 Å². The lowest BCUT2D eigenvalue weighted by atomic mass is 9.97. The van der Waals surface area contributed by atoms with Gasteiger partial charge in [0.05, 0.1) is 13.5 Å². The van der Waals surface area contributed by atoms with Gasteiger partial charge in [0, 0.05) is 6.54 Å². The molecule has 11 nitrogen and oxygen atoms in total. The molecule has 0 bridgehead atoms. The summed E-state index contributed by atoms with van der Waals surface area (Å²) in [5.41, 5.74) is 5.86. The van der Waals surface area contributed by atoms with Crippen molar-refractivity contribution in [3.05, 3.63) is 35.4 Å². The van der Waals surface area contributed by atoms with Gasteiger partial charge in [0.1, 0.15) is 24.2 Å². The molecule has 0 aliphatic heterocycles. The molecule has 4 N–H and O–H groups in total. The fourth-order valence-corrected chi connectivity index (χ4v) is 3.98. The minimum absolute atomic E-state index is 0.165. The molecule has 2 atom stereocenters. The fourth-order valence-electron chi connectivity index (χ4n) is 3.98. The SMILES string of the molecule is CCCCCCCN(C(=O)C(CC(N)=O)NC(=O)OC(C)(C)C)C(C(=O)NCC(=O)OC)c1ccccc1C. The standard InChI is InChI=1S/C28H44N4O7/c1-7-8-9-10-13-16-32(26(36)21(17-22(29)33)31-27(37)39-28(3,4)5)24(20-15-12-11-14-19(20)2)25(35)30-18-23(34)38-6/h11-12,14-15,21,24H,7-10,13,16-18H2,1-6H3,(H2,29,33)(H,30,35)(H,31,37). The van der Waals surface area contributed by atoms with Gasteiger partial charge in [0.2, 0.25) is 17.7 Å². The summed E-state index contributed by atoms with van der Waals surface area (Å²) in [4.78, 5) is 65.1. The molecule has 11 heteroatoms. The number of unbranched alkanes of at least 4 members (excludes halogenated alkanes) is 4. The van der Waals surface area contributed by atoms with Gasteiger partial charge >= 0.3 is 12.1 Å². The summed E-state index contributed by atoms with van der Waals surface area (Å²) in [6.45, 7) is 8.67. The molecular formula is C28H44N4O7. The molecule has 39 heavy (non-hydrogen) atoms. The van der Waals surface area contributed by atoms with Crippen LogP contribution in [0.3, 0.4) is 0 Å². The number of hydrogen-bond donors (Lipinski definition) is 3. The van der Waals surface area contributed by atoms with Crippen LogP contribution < -0.4 is 16.4 Å². The predicted molar refractivity (Wildman–Crippen MR) is 146 cm³/mol. The molecule has 0 aliphatic carbocycles. The normalized spacial score (nSPS) is 12.6. The zero-order chi connectivity index (χ0) is 29.6. The van der Waals surface area contributed by atoms with E-state index in [2.05, 4.69) is 22.3 Å². The molecule has 0 heterocycles. The Bertz CT molecular complexity index is 990. The monoisotopic (exact) mass is 548 g/mol. The van der Waals surface area contributed by atoms with Gasteiger partial charge in [-0.2, -0.15) is 0 Å². The molecule has 0 spiro atoms. The molecule has 0 radical (unpaired) electrons. The first-order chi connectivity index (χ1) is 18.3. The Morgan fingerprint density at radius 1 is 1.03 bits per heavy atom. The molecule has 0 saturated heterocycles. The van der Waals surface area contributed by atoms with E-state index < -0.39 is 60.4 Å². The summed E-state index contributed by atoms with van der Waals surface area (Å²) in [5, 5.41) is 5.00. The Labute approximate surface area is 231 Å². The van der Waals surface area contributed by atoms with Crippen LogP contribution in [0.25, 0.3) is 0 Å². The first kappa shape index (κ1) is 33.4. The van der Waals surface area contributed by atoms with E-state index in [1.54, 1.807) is 52.0 Å². The second-order valence-electron chi connectivity index (χ2n) is 10.4. The molecule has 1 rings (SSSR count). The highest BCUT2D eigenvalue weighted by Gasteiger charge is 2.37. The molecule has 0 aliphatic rings. The van der Waals surface area contributed by atoms with Crippen LogP contribution in [0, 0.1) is 6.92 Å². The second kappa shape index (κ2) is 16.4. The van der Waals surface area contributed by atoms with Crippen molar-refractivity contribution in [3.63, 3.8) is 0 Å². The number of primary amides is 1. The van der Waals surface area contributed by atoms with Crippen LogP contribution in [0.2, 0.25) is 0 Å². The van der Waals surface area contributed by atoms with E-state index in [9.17, 15) is 24.0 Å². The van der Waals surface area contributed by atoms with Crippen LogP contribution in [0.1, 0.15) is 83.4 Å². The van der Waals surface area contributed by atoms with E-state index in [1.165, 1.54) is 12.0 Å². The molecule has 218 valence electrons. The molecule has 0 fully saturated rings. The van der Waals surface area contributed by atoms with Gasteiger partial charge in [-0.3, -0.25) is 19.2 Å². The number of aryl methyl sites for hydroxylation is 1. The van der Waals surface area contributed by atoms with E-state index in [-0.39, 0.29) is 6.54 Å². The maximum Gasteiger partial charge on any atom is 0.408 e. The van der Waals surface area contributed by atoms with Crippen LogP contribution in [-0.2, 0) is 28.7 Å². The summed E-state index contributed by atoms with van der Waals surface area (Å²) >= 11 is 0. The number of nitrogens with zero attached hydrogens (tertiary/aromatic N) is 1. The van der Waals surface area contributed by atoms with E-state index >= 15 is 0 Å². The Kier molecular flexibility index (Phi) is 14.0. The van der Waals surface area contributed by atoms with Crippen molar-refractivity contribution < 1.29 is 33.4 Å². The smallest absolute Gasteiger partial charge is 0.408 e. The van der Waals surface area contributed by atoms with Crippen molar-refractivity contribution in [1.82, 2.24) is 15.5 Å². The van der Waals surface area contributed by atoms with Gasteiger partial charge in [-0.1, -0.05) is 56.9 Å². The Morgan fingerprint density at radius 3 is 2.23 bits per heavy atom. The minimum atomic E-state index is -1.37. The van der Waals surface area contributed by atoms with Gasteiger partial charge < -0.3 is 30.7 Å². The van der Waals surface area contributed by atoms with Crippen LogP contribution in [-0.4, -0.2) is 66.5 Å². The topological polar surface area (TPSA) is 157 Å². The van der Waals surface area contributed by atoms with E-state index in [0.717, 1.165) is 31.2 Å². The number of carbonyl (C=O) groups excluding carboxylic acids is 5. The molecule has 1 aromatic carbocycles. The average molecular weight is 549 g/mol. The molecule has 4 amide bonds. The van der Waals surface area contributed by atoms with Gasteiger partial charge in [-0.05, 0) is 45.2 Å². The zero-order valence-electron chi connectivity index (χ0n) is 24.0. The zero-order valence-corrected chi connectivity index (χ0v) is 24.0. The van der Waals surface area contributed by atoms with Crippen LogP contribution in [0.4, 0.5) is 4.79 Å². The number of nitrogens with one attached hydrogen (secondary N) is 2. The summed E-state index contributed by atoms with van der Waals surface area (Å²) < 4.78 is 9.93. The van der Waals surface area contributed by atoms with Crippen molar-refractivity contribution in [2.75, 3.05) is 20.2 Å². The number of alkyl carbamates (subject to hydrolysis) is 1. The van der Waals surface area contributed by atoms with Gasteiger partial charge in [0.25, 0.3) is 0 Å². The number of methoxy groups -OCH3 is 1. The van der Waals surface area contributed by atoms with Gasteiger partial charge in [-0.25, -0.2) is 4.79 Å². The third-order valence-corrected chi connectivity index (χ3v) is 5.86. The predicted octanol–water partition coefficient (Wildman–Crippen LogP) is 2.89. The van der Waals surface area contributed by atoms with E-state index in [4.69, 9.17) is 10.5 Å². The minimum Gasteiger partial charge on any atom is -0.468 e. The third kappa shape index (κ3) is 12.2. The largest absolute Gasteiger partial charge is 0.468 e. The van der Waals surface area contributed by atoms with E-state index in [1.807, 2.05) is 0 Å². The van der Waals surface area contributed by atoms with E-state index in [0.29, 0.717) is 12.0 Å². The first-order valence-corrected chi connectivity index (χ1v) is 13.3. The Balaban J connectivity index is 3.50. The molecular weight excluding hydrogens is 504 g/mol. The van der Waals surface area contributed by atoms with Gasteiger partial charge in [0.15, 0.2) is 0 Å². The Morgan fingerprint density at radius 2 is 1.67 bits per heavy atom. The average Bonchev–Trinajstić information content (AvgIpc) is 2.84. The third-order valence-electron chi connectivity index (χ3n) is 5.86. The second-order valence-corrected chi connectivity index (χ2v) is 10.4. The summed E-state index contributed by atoms with van der Waals surface area (Å²) in [7, 11) is 1.20. The highest BCUT2D eigenvalue weighted by molar-refractivity contribution is 5.95. The lowest BCUT2D eigenvalue weighted by molar-refractivity contribution is -0.145. The summed E-state index contributed by atoms with van der Waals surface area (Å²) in [6.07, 6.45) is 3.00. The number of hydrogen-bond acceptors (Lipinski definition) is 7. The lowest BCUT2D eigenvalue weighted by Gasteiger charge is -2.35. The number of carbonyl (C=O) groups is 5. The summed E-state index contributed by atoms with van der Waals surface area (Å²) in [6, 6.07) is 4.56. The van der Waals surface area contributed by atoms with Crippen LogP contribution in [0.15, 0.2) is 24.3 Å². The number of ether oxygens (including phenoxy) is 2.